The molecule has 0 aromatic rings. The molecule has 82 valence electrons. The van der Waals surface area contributed by atoms with E-state index in [-0.39, 0.29) is 16.7 Å². The van der Waals surface area contributed by atoms with Crippen LogP contribution in [0.15, 0.2) is 0 Å². The number of carbonyl (C=O) groups is 1. The van der Waals surface area contributed by atoms with E-state index in [2.05, 4.69) is 26.7 Å². The van der Waals surface area contributed by atoms with Gasteiger partial charge in [0.05, 0.1) is 0 Å². The zero-order chi connectivity index (χ0) is 11.4. The highest BCUT2D eigenvalue weighted by Crippen LogP contribution is 2.70. The number of amides is 1. The molecule has 1 heterocycles. The maximum atomic E-state index is 10.9. The summed E-state index contributed by atoms with van der Waals surface area (Å²) in [6, 6.07) is 0. The summed E-state index contributed by atoms with van der Waals surface area (Å²) in [5.41, 5.74) is 0.110. The third-order valence-corrected chi connectivity index (χ3v) is 4.23. The number of fused-ring (bicyclic) bond motifs is 1. The van der Waals surface area contributed by atoms with Crippen molar-refractivity contribution in [2.75, 3.05) is 13.1 Å². The number of likely N-dealkylation sites (tertiary alicyclic amines) is 1. The molecule has 0 bridgehead atoms. The number of piperidine rings is 1. The highest BCUT2D eigenvalue weighted by Gasteiger charge is 2.73. The Labute approximate surface area is 90.5 Å². The van der Waals surface area contributed by atoms with Crippen LogP contribution in [0.2, 0.25) is 0 Å². The standard InChI is InChI=1S/C12H17NO2/c1-5-8-9-6-13(10(14)15)7-12(8,9)11(2,3)4/h1,8-9H,6-7H2,2-4H3,(H,14,15)/t8-,9+,12+/m1/s1. The van der Waals surface area contributed by atoms with Crippen molar-refractivity contribution < 1.29 is 9.90 Å². The first-order chi connectivity index (χ1) is 6.84. The minimum atomic E-state index is -0.818. The molecule has 0 unspecified atom stereocenters. The molecule has 0 spiro atoms. The van der Waals surface area contributed by atoms with Gasteiger partial charge in [-0.3, -0.25) is 0 Å². The lowest BCUT2D eigenvalue weighted by atomic mass is 9.75. The molecule has 1 amide bonds. The summed E-state index contributed by atoms with van der Waals surface area (Å²) >= 11 is 0. The quantitative estimate of drug-likeness (QED) is 0.616. The summed E-state index contributed by atoms with van der Waals surface area (Å²) in [7, 11) is 0. The van der Waals surface area contributed by atoms with E-state index in [1.54, 1.807) is 0 Å². The molecule has 3 atom stereocenters. The average Bonchev–Trinajstić information content (AvgIpc) is 2.52. The lowest BCUT2D eigenvalue weighted by molar-refractivity contribution is 0.128. The van der Waals surface area contributed by atoms with Gasteiger partial charge in [0, 0.05) is 24.4 Å². The van der Waals surface area contributed by atoms with Crippen molar-refractivity contribution in [3.05, 3.63) is 0 Å². The summed E-state index contributed by atoms with van der Waals surface area (Å²) in [5, 5.41) is 8.96. The number of terminal acetylenes is 1. The first-order valence-corrected chi connectivity index (χ1v) is 5.28. The minimum absolute atomic E-state index is 0.0279. The van der Waals surface area contributed by atoms with Crippen LogP contribution in [0.1, 0.15) is 20.8 Å². The molecule has 3 heteroatoms. The van der Waals surface area contributed by atoms with Crippen molar-refractivity contribution >= 4 is 6.09 Å². The predicted molar refractivity (Wildman–Crippen MR) is 57.3 cm³/mol. The monoisotopic (exact) mass is 207 g/mol. The van der Waals surface area contributed by atoms with E-state index in [1.165, 1.54) is 4.90 Å². The van der Waals surface area contributed by atoms with Crippen LogP contribution in [0.4, 0.5) is 4.79 Å². The molecule has 1 N–H and O–H groups in total. The molecule has 2 fully saturated rings. The highest BCUT2D eigenvalue weighted by atomic mass is 16.4. The van der Waals surface area contributed by atoms with Crippen LogP contribution in [-0.4, -0.2) is 29.2 Å². The Morgan fingerprint density at radius 1 is 1.60 bits per heavy atom. The minimum Gasteiger partial charge on any atom is -0.465 e. The maximum Gasteiger partial charge on any atom is 0.407 e. The number of hydrogen-bond donors (Lipinski definition) is 1. The normalized spacial score (nSPS) is 38.4. The van der Waals surface area contributed by atoms with Crippen LogP contribution in [0.25, 0.3) is 0 Å². The van der Waals surface area contributed by atoms with Gasteiger partial charge in [0.25, 0.3) is 0 Å². The Bertz CT molecular complexity index is 350. The molecule has 0 aromatic heterocycles. The van der Waals surface area contributed by atoms with Crippen LogP contribution in [0.3, 0.4) is 0 Å². The van der Waals surface area contributed by atoms with Crippen molar-refractivity contribution in [2.45, 2.75) is 20.8 Å². The van der Waals surface area contributed by atoms with Crippen LogP contribution in [0, 0.1) is 35.0 Å². The number of rotatable bonds is 0. The Hall–Kier alpha value is -1.17. The van der Waals surface area contributed by atoms with Gasteiger partial charge in [-0.25, -0.2) is 4.79 Å². The fourth-order valence-electron chi connectivity index (χ4n) is 3.29. The highest BCUT2D eigenvalue weighted by molar-refractivity contribution is 5.66. The SMILES string of the molecule is C#C[C@@H]1[C@@H]2CN(C(=O)O)C[C@]12C(C)(C)C. The van der Waals surface area contributed by atoms with Gasteiger partial charge in [-0.05, 0) is 11.3 Å². The summed E-state index contributed by atoms with van der Waals surface area (Å²) in [6.07, 6.45) is 4.69. The molecule has 15 heavy (non-hydrogen) atoms. The first-order valence-electron chi connectivity index (χ1n) is 5.28. The van der Waals surface area contributed by atoms with E-state index in [4.69, 9.17) is 11.5 Å². The summed E-state index contributed by atoms with van der Waals surface area (Å²) in [5.74, 6) is 3.47. The Balaban J connectivity index is 2.25. The van der Waals surface area contributed by atoms with Gasteiger partial charge in [-0.15, -0.1) is 12.3 Å². The summed E-state index contributed by atoms with van der Waals surface area (Å²) < 4.78 is 0. The van der Waals surface area contributed by atoms with E-state index < -0.39 is 6.09 Å². The van der Waals surface area contributed by atoms with Crippen molar-refractivity contribution in [3.63, 3.8) is 0 Å². The molecule has 1 aliphatic carbocycles. The number of hydrogen-bond acceptors (Lipinski definition) is 1. The van der Waals surface area contributed by atoms with Gasteiger partial charge < -0.3 is 10.0 Å². The first kappa shape index (κ1) is 10.4. The van der Waals surface area contributed by atoms with E-state index >= 15 is 0 Å². The second kappa shape index (κ2) is 2.69. The summed E-state index contributed by atoms with van der Waals surface area (Å²) in [4.78, 5) is 12.4. The number of nitrogens with zero attached hydrogens (tertiary/aromatic N) is 1. The topological polar surface area (TPSA) is 40.5 Å². The van der Waals surface area contributed by atoms with Crippen LogP contribution >= 0.6 is 0 Å². The molecule has 3 nitrogen and oxygen atoms in total. The molecule has 1 saturated heterocycles. The van der Waals surface area contributed by atoms with Crippen LogP contribution < -0.4 is 0 Å². The van der Waals surface area contributed by atoms with Gasteiger partial charge in [0.1, 0.15) is 0 Å². The molecular formula is C12H17NO2. The van der Waals surface area contributed by atoms with Crippen LogP contribution in [0.5, 0.6) is 0 Å². The average molecular weight is 207 g/mol. The fourth-order valence-corrected chi connectivity index (χ4v) is 3.29. The van der Waals surface area contributed by atoms with Gasteiger partial charge in [-0.1, -0.05) is 20.8 Å². The number of carboxylic acid groups (broad SMARTS) is 1. The van der Waals surface area contributed by atoms with Crippen molar-refractivity contribution in [2.24, 2.45) is 22.7 Å². The van der Waals surface area contributed by atoms with E-state index in [1.807, 2.05) is 0 Å². The Morgan fingerprint density at radius 3 is 2.53 bits per heavy atom. The fraction of sp³-hybridized carbons (Fsp3) is 0.750. The van der Waals surface area contributed by atoms with E-state index in [9.17, 15) is 4.79 Å². The van der Waals surface area contributed by atoms with Gasteiger partial charge in [0.2, 0.25) is 0 Å². The van der Waals surface area contributed by atoms with Gasteiger partial charge in [0.15, 0.2) is 0 Å². The Morgan fingerprint density at radius 2 is 2.20 bits per heavy atom. The predicted octanol–water partition coefficient (Wildman–Crippen LogP) is 1.89. The van der Waals surface area contributed by atoms with Crippen molar-refractivity contribution in [3.8, 4) is 12.3 Å². The maximum absolute atomic E-state index is 10.9. The van der Waals surface area contributed by atoms with E-state index in [0.717, 1.165) is 0 Å². The zero-order valence-electron chi connectivity index (χ0n) is 9.45. The third kappa shape index (κ3) is 1.11. The summed E-state index contributed by atoms with van der Waals surface area (Å²) in [6.45, 7) is 7.68. The molecule has 1 aliphatic heterocycles. The second-order valence-corrected chi connectivity index (χ2v) is 5.70. The largest absolute Gasteiger partial charge is 0.465 e. The molecule has 2 aliphatic rings. The van der Waals surface area contributed by atoms with Gasteiger partial charge in [-0.2, -0.15) is 0 Å². The van der Waals surface area contributed by atoms with E-state index in [0.29, 0.717) is 19.0 Å². The molecule has 0 aromatic carbocycles. The molecule has 2 rings (SSSR count). The molecular weight excluding hydrogens is 190 g/mol. The molecule has 1 saturated carbocycles. The van der Waals surface area contributed by atoms with Crippen molar-refractivity contribution in [1.82, 2.24) is 4.90 Å². The zero-order valence-corrected chi connectivity index (χ0v) is 9.45. The van der Waals surface area contributed by atoms with Crippen LogP contribution in [-0.2, 0) is 0 Å². The van der Waals surface area contributed by atoms with Gasteiger partial charge >= 0.3 is 6.09 Å². The lowest BCUT2D eigenvalue weighted by Gasteiger charge is -2.31. The Kier molecular flexibility index (Phi) is 1.86. The molecule has 0 radical (unpaired) electrons. The third-order valence-electron chi connectivity index (χ3n) is 4.23. The second-order valence-electron chi connectivity index (χ2n) is 5.70. The lowest BCUT2D eigenvalue weighted by Crippen LogP contribution is -2.36. The van der Waals surface area contributed by atoms with Crippen molar-refractivity contribution in [1.29, 1.82) is 0 Å². The smallest absolute Gasteiger partial charge is 0.407 e.